The molecule has 0 spiro atoms. The lowest BCUT2D eigenvalue weighted by molar-refractivity contribution is -0.129. The van der Waals surface area contributed by atoms with Gasteiger partial charge in [-0.1, -0.05) is 6.92 Å². The normalized spacial score (nSPS) is 24.2. The van der Waals surface area contributed by atoms with E-state index in [1.807, 2.05) is 4.90 Å². The van der Waals surface area contributed by atoms with Crippen molar-refractivity contribution in [1.82, 2.24) is 10.2 Å². The van der Waals surface area contributed by atoms with E-state index in [9.17, 15) is 4.79 Å². The molecule has 0 saturated carbocycles. The molecule has 1 aliphatic rings. The molecule has 1 N–H and O–H groups in total. The van der Waals surface area contributed by atoms with Crippen molar-refractivity contribution >= 4 is 5.91 Å². The van der Waals surface area contributed by atoms with Crippen molar-refractivity contribution in [3.8, 4) is 0 Å². The van der Waals surface area contributed by atoms with Gasteiger partial charge in [0.05, 0.1) is 0 Å². The molecule has 0 aromatic rings. The van der Waals surface area contributed by atoms with Crippen LogP contribution >= 0.6 is 0 Å². The van der Waals surface area contributed by atoms with Crippen molar-refractivity contribution in [3.63, 3.8) is 0 Å². The Bertz CT molecular complexity index is 168. The van der Waals surface area contributed by atoms with Crippen molar-refractivity contribution in [2.45, 2.75) is 39.3 Å². The molecular weight excluding hydrogens is 152 g/mol. The first kappa shape index (κ1) is 9.52. The standard InChI is InChI=1S/C9H18N2O/c1-4-10-8-5-9(12)11(6-8)7(2)3/h7-8,10H,4-6H2,1-3H3. The Labute approximate surface area is 74.1 Å². The van der Waals surface area contributed by atoms with E-state index in [0.29, 0.717) is 18.5 Å². The van der Waals surface area contributed by atoms with E-state index >= 15 is 0 Å². The van der Waals surface area contributed by atoms with Crippen molar-refractivity contribution in [2.24, 2.45) is 0 Å². The molecule has 0 bridgehead atoms. The zero-order valence-electron chi connectivity index (χ0n) is 8.13. The second-order valence-electron chi connectivity index (χ2n) is 3.60. The molecule has 1 rings (SSSR count). The fourth-order valence-corrected chi connectivity index (χ4v) is 1.66. The number of likely N-dealkylation sites (N-methyl/N-ethyl adjacent to an activating group) is 1. The SMILES string of the molecule is CCNC1CC(=O)N(C(C)C)C1. The van der Waals surface area contributed by atoms with Gasteiger partial charge in [-0.15, -0.1) is 0 Å². The first-order chi connectivity index (χ1) is 5.65. The minimum absolute atomic E-state index is 0.288. The second-order valence-corrected chi connectivity index (χ2v) is 3.60. The summed E-state index contributed by atoms with van der Waals surface area (Å²) in [5.74, 6) is 0.288. The molecule has 0 aromatic heterocycles. The lowest BCUT2D eigenvalue weighted by Gasteiger charge is -2.20. The maximum Gasteiger partial charge on any atom is 0.224 e. The van der Waals surface area contributed by atoms with Gasteiger partial charge in [-0.3, -0.25) is 4.79 Å². The van der Waals surface area contributed by atoms with Crippen LogP contribution in [0.1, 0.15) is 27.2 Å². The van der Waals surface area contributed by atoms with Crippen molar-refractivity contribution < 1.29 is 4.79 Å². The number of likely N-dealkylation sites (tertiary alicyclic amines) is 1. The van der Waals surface area contributed by atoms with Gasteiger partial charge in [0.15, 0.2) is 0 Å². The van der Waals surface area contributed by atoms with Crippen LogP contribution in [0.25, 0.3) is 0 Å². The maximum atomic E-state index is 11.4. The third-order valence-corrected chi connectivity index (χ3v) is 2.27. The molecule has 1 amide bonds. The number of amides is 1. The zero-order valence-corrected chi connectivity index (χ0v) is 8.13. The summed E-state index contributed by atoms with van der Waals surface area (Å²) in [4.78, 5) is 13.3. The number of carbonyl (C=O) groups is 1. The quantitative estimate of drug-likeness (QED) is 0.673. The minimum Gasteiger partial charge on any atom is -0.339 e. The van der Waals surface area contributed by atoms with Crippen molar-refractivity contribution in [3.05, 3.63) is 0 Å². The molecule has 1 aliphatic heterocycles. The minimum atomic E-state index is 0.288. The molecule has 12 heavy (non-hydrogen) atoms. The molecule has 1 fully saturated rings. The van der Waals surface area contributed by atoms with Crippen LogP contribution in [-0.4, -0.2) is 36.0 Å². The largest absolute Gasteiger partial charge is 0.339 e. The molecular formula is C9H18N2O. The Balaban J connectivity index is 2.45. The monoisotopic (exact) mass is 170 g/mol. The van der Waals surface area contributed by atoms with Gasteiger partial charge in [0.1, 0.15) is 0 Å². The number of carbonyl (C=O) groups excluding carboxylic acids is 1. The fourth-order valence-electron chi connectivity index (χ4n) is 1.66. The maximum absolute atomic E-state index is 11.4. The molecule has 70 valence electrons. The summed E-state index contributed by atoms with van der Waals surface area (Å²) in [5.41, 5.74) is 0. The average molecular weight is 170 g/mol. The van der Waals surface area contributed by atoms with E-state index in [1.54, 1.807) is 0 Å². The van der Waals surface area contributed by atoms with Gasteiger partial charge in [0, 0.05) is 25.0 Å². The predicted octanol–water partition coefficient (Wildman–Crippen LogP) is 0.605. The van der Waals surface area contributed by atoms with Gasteiger partial charge in [-0.2, -0.15) is 0 Å². The predicted molar refractivity (Wildman–Crippen MR) is 48.9 cm³/mol. The van der Waals surface area contributed by atoms with Crippen molar-refractivity contribution in [1.29, 1.82) is 0 Å². The van der Waals surface area contributed by atoms with E-state index in [2.05, 4.69) is 26.1 Å². The van der Waals surface area contributed by atoms with Gasteiger partial charge in [-0.05, 0) is 20.4 Å². The number of nitrogens with zero attached hydrogens (tertiary/aromatic N) is 1. The average Bonchev–Trinajstić information content (AvgIpc) is 2.32. The Morgan fingerprint density at radius 1 is 1.67 bits per heavy atom. The molecule has 1 unspecified atom stereocenters. The first-order valence-corrected chi connectivity index (χ1v) is 4.68. The second kappa shape index (κ2) is 3.90. The van der Waals surface area contributed by atoms with Crippen LogP contribution in [0.3, 0.4) is 0 Å². The third-order valence-electron chi connectivity index (χ3n) is 2.27. The molecule has 0 aliphatic carbocycles. The Hall–Kier alpha value is -0.570. The molecule has 1 saturated heterocycles. The van der Waals surface area contributed by atoms with Gasteiger partial charge >= 0.3 is 0 Å². The van der Waals surface area contributed by atoms with E-state index in [4.69, 9.17) is 0 Å². The van der Waals surface area contributed by atoms with E-state index in [1.165, 1.54) is 0 Å². The van der Waals surface area contributed by atoms with Crippen LogP contribution in [-0.2, 0) is 4.79 Å². The lowest BCUT2D eigenvalue weighted by atomic mass is 10.2. The Kier molecular flexibility index (Phi) is 3.09. The van der Waals surface area contributed by atoms with Gasteiger partial charge in [0.2, 0.25) is 5.91 Å². The highest BCUT2D eigenvalue weighted by Crippen LogP contribution is 2.13. The summed E-state index contributed by atoms with van der Waals surface area (Å²) in [6.45, 7) is 8.02. The lowest BCUT2D eigenvalue weighted by Crippen LogP contribution is -2.36. The molecule has 0 radical (unpaired) electrons. The highest BCUT2D eigenvalue weighted by atomic mass is 16.2. The number of hydrogen-bond donors (Lipinski definition) is 1. The molecule has 1 atom stereocenters. The highest BCUT2D eigenvalue weighted by molar-refractivity contribution is 5.79. The van der Waals surface area contributed by atoms with Gasteiger partial charge < -0.3 is 10.2 Å². The Morgan fingerprint density at radius 2 is 2.33 bits per heavy atom. The summed E-state index contributed by atoms with van der Waals surface area (Å²) in [6.07, 6.45) is 0.673. The van der Waals surface area contributed by atoms with Crippen LogP contribution in [0.4, 0.5) is 0 Å². The van der Waals surface area contributed by atoms with Gasteiger partial charge in [-0.25, -0.2) is 0 Å². The summed E-state index contributed by atoms with van der Waals surface area (Å²) in [6, 6.07) is 0.728. The first-order valence-electron chi connectivity index (χ1n) is 4.68. The highest BCUT2D eigenvalue weighted by Gasteiger charge is 2.29. The van der Waals surface area contributed by atoms with Crippen LogP contribution in [0.2, 0.25) is 0 Å². The molecule has 3 heteroatoms. The van der Waals surface area contributed by atoms with Crippen LogP contribution < -0.4 is 5.32 Å². The smallest absolute Gasteiger partial charge is 0.224 e. The number of rotatable bonds is 3. The summed E-state index contributed by atoms with van der Waals surface area (Å²) in [5, 5.41) is 3.30. The number of hydrogen-bond acceptors (Lipinski definition) is 2. The summed E-state index contributed by atoms with van der Waals surface area (Å²) in [7, 11) is 0. The zero-order chi connectivity index (χ0) is 9.14. The Morgan fingerprint density at radius 3 is 2.75 bits per heavy atom. The summed E-state index contributed by atoms with van der Waals surface area (Å²) < 4.78 is 0. The molecule has 1 heterocycles. The van der Waals surface area contributed by atoms with Crippen LogP contribution in [0, 0.1) is 0 Å². The van der Waals surface area contributed by atoms with E-state index in [-0.39, 0.29) is 5.91 Å². The van der Waals surface area contributed by atoms with Crippen molar-refractivity contribution in [2.75, 3.05) is 13.1 Å². The van der Waals surface area contributed by atoms with Crippen LogP contribution in [0.5, 0.6) is 0 Å². The van der Waals surface area contributed by atoms with Crippen LogP contribution in [0.15, 0.2) is 0 Å². The molecule has 0 aromatic carbocycles. The third kappa shape index (κ3) is 1.97. The molecule has 3 nitrogen and oxygen atoms in total. The van der Waals surface area contributed by atoms with E-state index < -0.39 is 0 Å². The number of nitrogens with one attached hydrogen (secondary N) is 1. The fraction of sp³-hybridized carbons (Fsp3) is 0.889. The topological polar surface area (TPSA) is 32.3 Å². The summed E-state index contributed by atoms with van der Waals surface area (Å²) >= 11 is 0. The van der Waals surface area contributed by atoms with Gasteiger partial charge in [0.25, 0.3) is 0 Å². The van der Waals surface area contributed by atoms with E-state index in [0.717, 1.165) is 13.1 Å².